The van der Waals surface area contributed by atoms with Crippen LogP contribution in [-0.4, -0.2) is 52.9 Å². The second-order valence-corrected chi connectivity index (χ2v) is 6.58. The number of piperazine rings is 1. The van der Waals surface area contributed by atoms with Crippen molar-refractivity contribution < 1.29 is 9.15 Å². The summed E-state index contributed by atoms with van der Waals surface area (Å²) in [7, 11) is 1.71. The van der Waals surface area contributed by atoms with Crippen LogP contribution in [-0.2, 0) is 13.1 Å². The summed E-state index contributed by atoms with van der Waals surface area (Å²) in [6, 6.07) is 12.1. The zero-order valence-corrected chi connectivity index (χ0v) is 15.0. The molecule has 1 fully saturated rings. The number of benzene rings is 1. The third kappa shape index (κ3) is 3.81. The quantitative estimate of drug-likeness (QED) is 0.683. The monoisotopic (exact) mass is 352 g/mol. The molecule has 0 atom stereocenters. The minimum Gasteiger partial charge on any atom is -0.497 e. The molecule has 0 N–H and O–H groups in total. The van der Waals surface area contributed by atoms with Crippen molar-refractivity contribution in [3.05, 3.63) is 66.4 Å². The average Bonchev–Trinajstić information content (AvgIpc) is 3.37. The van der Waals surface area contributed by atoms with Gasteiger partial charge in [-0.25, -0.2) is 4.68 Å². The highest BCUT2D eigenvalue weighted by atomic mass is 16.5. The summed E-state index contributed by atoms with van der Waals surface area (Å²) in [5.74, 6) is 1.92. The molecule has 2 aromatic heterocycles. The van der Waals surface area contributed by atoms with E-state index in [1.54, 1.807) is 19.6 Å². The van der Waals surface area contributed by atoms with Crippen molar-refractivity contribution in [3.8, 4) is 11.4 Å². The molecule has 0 aliphatic carbocycles. The molecule has 4 rings (SSSR count). The van der Waals surface area contributed by atoms with Crippen molar-refractivity contribution >= 4 is 0 Å². The SMILES string of the molecule is COc1ccc(-n2cccn2)c(CN2CCN(Cc3ccco3)CC2)c1. The Morgan fingerprint density at radius 2 is 1.85 bits per heavy atom. The van der Waals surface area contributed by atoms with Crippen LogP contribution < -0.4 is 4.74 Å². The van der Waals surface area contributed by atoms with E-state index in [0.717, 1.165) is 56.5 Å². The normalized spacial score (nSPS) is 16.0. The molecule has 6 nitrogen and oxygen atoms in total. The Kier molecular flexibility index (Phi) is 5.04. The Morgan fingerprint density at radius 1 is 1.04 bits per heavy atom. The lowest BCUT2D eigenvalue weighted by Gasteiger charge is -2.34. The molecule has 1 aromatic carbocycles. The number of furan rings is 1. The maximum Gasteiger partial charge on any atom is 0.119 e. The van der Waals surface area contributed by atoms with E-state index in [2.05, 4.69) is 27.0 Å². The summed E-state index contributed by atoms with van der Waals surface area (Å²) in [6.45, 7) is 5.94. The lowest BCUT2D eigenvalue weighted by molar-refractivity contribution is 0.116. The number of hydrogen-bond donors (Lipinski definition) is 0. The molecule has 0 saturated carbocycles. The Hall–Kier alpha value is -2.57. The van der Waals surface area contributed by atoms with Gasteiger partial charge in [-0.05, 0) is 42.0 Å². The highest BCUT2D eigenvalue weighted by molar-refractivity contribution is 5.45. The number of rotatable bonds is 6. The number of hydrogen-bond acceptors (Lipinski definition) is 5. The molecule has 0 bridgehead atoms. The number of methoxy groups -OCH3 is 1. The molecule has 1 aliphatic rings. The van der Waals surface area contributed by atoms with Crippen molar-refractivity contribution in [2.24, 2.45) is 0 Å². The van der Waals surface area contributed by atoms with Gasteiger partial charge in [0.1, 0.15) is 11.5 Å². The molecule has 26 heavy (non-hydrogen) atoms. The van der Waals surface area contributed by atoms with Gasteiger partial charge in [-0.1, -0.05) is 0 Å². The van der Waals surface area contributed by atoms with Gasteiger partial charge in [0, 0.05) is 45.1 Å². The van der Waals surface area contributed by atoms with Crippen molar-refractivity contribution in [3.63, 3.8) is 0 Å². The fraction of sp³-hybridized carbons (Fsp3) is 0.350. The maximum absolute atomic E-state index is 5.46. The molecule has 6 heteroatoms. The second-order valence-electron chi connectivity index (χ2n) is 6.58. The van der Waals surface area contributed by atoms with Crippen LogP contribution in [0.15, 0.2) is 59.5 Å². The van der Waals surface area contributed by atoms with Gasteiger partial charge in [0.2, 0.25) is 0 Å². The first-order valence-corrected chi connectivity index (χ1v) is 8.96. The van der Waals surface area contributed by atoms with Crippen LogP contribution in [0.3, 0.4) is 0 Å². The average molecular weight is 352 g/mol. The third-order valence-electron chi connectivity index (χ3n) is 4.86. The standard InChI is InChI=1S/C20H24N4O2/c1-25-18-5-6-20(24-8-3-7-21-24)17(14-18)15-22-9-11-23(12-10-22)16-19-4-2-13-26-19/h2-8,13-14H,9-12,15-16H2,1H3. The van der Waals surface area contributed by atoms with E-state index in [1.807, 2.05) is 35.1 Å². The van der Waals surface area contributed by atoms with Crippen LogP contribution in [0, 0.1) is 0 Å². The first kappa shape index (κ1) is 16.9. The summed E-state index contributed by atoms with van der Waals surface area (Å²) in [6.07, 6.45) is 5.53. The molecule has 1 saturated heterocycles. The van der Waals surface area contributed by atoms with E-state index in [0.29, 0.717) is 0 Å². The Morgan fingerprint density at radius 3 is 2.50 bits per heavy atom. The van der Waals surface area contributed by atoms with Crippen molar-refractivity contribution in [1.82, 2.24) is 19.6 Å². The van der Waals surface area contributed by atoms with Gasteiger partial charge in [0.25, 0.3) is 0 Å². The smallest absolute Gasteiger partial charge is 0.119 e. The highest BCUT2D eigenvalue weighted by Crippen LogP contribution is 2.23. The van der Waals surface area contributed by atoms with Crippen LogP contribution in [0.25, 0.3) is 5.69 Å². The fourth-order valence-electron chi connectivity index (χ4n) is 3.42. The van der Waals surface area contributed by atoms with Crippen LogP contribution in [0.4, 0.5) is 0 Å². The molecular weight excluding hydrogens is 328 g/mol. The first-order valence-electron chi connectivity index (χ1n) is 8.96. The second kappa shape index (κ2) is 7.76. The Balaban J connectivity index is 1.43. The predicted octanol–water partition coefficient (Wildman–Crippen LogP) is 2.79. The fourth-order valence-corrected chi connectivity index (χ4v) is 3.42. The molecule has 0 amide bonds. The largest absolute Gasteiger partial charge is 0.497 e. The van der Waals surface area contributed by atoms with Crippen LogP contribution in [0.5, 0.6) is 5.75 Å². The van der Waals surface area contributed by atoms with Crippen molar-refractivity contribution in [2.45, 2.75) is 13.1 Å². The van der Waals surface area contributed by atoms with E-state index in [1.165, 1.54) is 5.56 Å². The van der Waals surface area contributed by atoms with Gasteiger partial charge < -0.3 is 9.15 Å². The molecule has 0 radical (unpaired) electrons. The van der Waals surface area contributed by atoms with Crippen LogP contribution in [0.1, 0.15) is 11.3 Å². The molecule has 136 valence electrons. The summed E-state index contributed by atoms with van der Waals surface area (Å²) in [4.78, 5) is 4.93. The number of ether oxygens (including phenoxy) is 1. The Bertz CT molecular complexity index is 806. The topological polar surface area (TPSA) is 46.7 Å². The van der Waals surface area contributed by atoms with Crippen LogP contribution in [0.2, 0.25) is 0 Å². The molecule has 0 unspecified atom stereocenters. The highest BCUT2D eigenvalue weighted by Gasteiger charge is 2.19. The van der Waals surface area contributed by atoms with Gasteiger partial charge in [-0.3, -0.25) is 9.80 Å². The van der Waals surface area contributed by atoms with E-state index in [-0.39, 0.29) is 0 Å². The van der Waals surface area contributed by atoms with E-state index < -0.39 is 0 Å². The Labute approximate surface area is 153 Å². The summed E-state index contributed by atoms with van der Waals surface area (Å²) in [5.41, 5.74) is 2.33. The molecule has 1 aliphatic heterocycles. The summed E-state index contributed by atoms with van der Waals surface area (Å²) < 4.78 is 12.8. The summed E-state index contributed by atoms with van der Waals surface area (Å²) in [5, 5.41) is 4.39. The van der Waals surface area contributed by atoms with E-state index in [4.69, 9.17) is 9.15 Å². The predicted molar refractivity (Wildman–Crippen MR) is 99.4 cm³/mol. The van der Waals surface area contributed by atoms with Gasteiger partial charge in [0.05, 0.1) is 25.6 Å². The molecular formula is C20H24N4O2. The van der Waals surface area contributed by atoms with Gasteiger partial charge >= 0.3 is 0 Å². The summed E-state index contributed by atoms with van der Waals surface area (Å²) >= 11 is 0. The number of aromatic nitrogens is 2. The maximum atomic E-state index is 5.46. The zero-order chi connectivity index (χ0) is 17.8. The molecule has 3 aromatic rings. The van der Waals surface area contributed by atoms with E-state index >= 15 is 0 Å². The number of nitrogens with zero attached hydrogens (tertiary/aromatic N) is 4. The van der Waals surface area contributed by atoms with Gasteiger partial charge in [0.15, 0.2) is 0 Å². The first-order chi connectivity index (χ1) is 12.8. The zero-order valence-electron chi connectivity index (χ0n) is 15.0. The van der Waals surface area contributed by atoms with Crippen molar-refractivity contribution in [1.29, 1.82) is 0 Å². The van der Waals surface area contributed by atoms with Crippen LogP contribution >= 0.6 is 0 Å². The lowest BCUT2D eigenvalue weighted by Crippen LogP contribution is -2.45. The van der Waals surface area contributed by atoms with E-state index in [9.17, 15) is 0 Å². The van der Waals surface area contributed by atoms with Crippen molar-refractivity contribution in [2.75, 3.05) is 33.3 Å². The third-order valence-corrected chi connectivity index (χ3v) is 4.86. The minimum absolute atomic E-state index is 0.882. The van der Waals surface area contributed by atoms with Gasteiger partial charge in [-0.15, -0.1) is 0 Å². The molecule has 3 heterocycles. The lowest BCUT2D eigenvalue weighted by atomic mass is 10.1. The molecule has 0 spiro atoms. The minimum atomic E-state index is 0.882. The van der Waals surface area contributed by atoms with Gasteiger partial charge in [-0.2, -0.15) is 5.10 Å².